The Hall–Kier alpha value is -2.87. The molecule has 1 aliphatic carbocycles. The molecule has 1 amide bonds. The third-order valence-corrected chi connectivity index (χ3v) is 8.47. The summed E-state index contributed by atoms with van der Waals surface area (Å²) in [6.07, 6.45) is 4.01. The lowest BCUT2D eigenvalue weighted by Crippen LogP contribution is -2.33. The van der Waals surface area contributed by atoms with Gasteiger partial charge in [-0.1, -0.05) is 25.0 Å². The molecule has 33 heavy (non-hydrogen) atoms. The summed E-state index contributed by atoms with van der Waals surface area (Å²) < 4.78 is 43.9. The minimum atomic E-state index is -3.58. The molecule has 3 N–H and O–H groups in total. The zero-order chi connectivity index (χ0) is 24.1. The fraction of sp³-hybridized carbons (Fsp3) is 0.400. The van der Waals surface area contributed by atoms with E-state index >= 15 is 4.39 Å². The van der Waals surface area contributed by atoms with Crippen LogP contribution in [0.1, 0.15) is 68.4 Å². The summed E-state index contributed by atoms with van der Waals surface area (Å²) in [7, 11) is -3.58. The monoisotopic (exact) mass is 471 g/mol. The van der Waals surface area contributed by atoms with Crippen molar-refractivity contribution in [3.05, 3.63) is 53.3 Å². The number of carbonyl (C=O) groups excluding carboxylic acids is 1. The number of rotatable bonds is 5. The molecule has 8 heteroatoms. The second-order valence-electron chi connectivity index (χ2n) is 9.83. The van der Waals surface area contributed by atoms with E-state index in [2.05, 4.69) is 9.29 Å². The molecule has 0 saturated heterocycles. The van der Waals surface area contributed by atoms with Crippen LogP contribution < -0.4 is 10.5 Å². The van der Waals surface area contributed by atoms with Gasteiger partial charge >= 0.3 is 0 Å². The van der Waals surface area contributed by atoms with Crippen LogP contribution in [0, 0.1) is 12.7 Å². The van der Waals surface area contributed by atoms with Crippen LogP contribution >= 0.6 is 0 Å². The van der Waals surface area contributed by atoms with Crippen LogP contribution in [0.15, 0.2) is 36.4 Å². The lowest BCUT2D eigenvalue weighted by atomic mass is 10.0. The Bertz CT molecular complexity index is 1330. The maximum Gasteiger partial charge on any atom is 0.251 e. The number of nitrogens with two attached hydrogens (primary N) is 1. The molecule has 0 radical (unpaired) electrons. The maximum absolute atomic E-state index is 15.1. The highest BCUT2D eigenvalue weighted by Gasteiger charge is 2.31. The standard InChI is InChI=1S/C25H30FN3O3S/c1-15-13-19(26)21-20(14-15)29(18-7-5-6-8-18)23(22(21)24(27)30)16-9-11-17(12-10-16)28-33(31,32)25(2,3)4/h9-14,18,28H,5-8H2,1-4H3,(H2,27,30). The first-order valence-corrected chi connectivity index (χ1v) is 12.7. The van der Waals surface area contributed by atoms with Crippen molar-refractivity contribution in [3.63, 3.8) is 0 Å². The zero-order valence-electron chi connectivity index (χ0n) is 19.4. The first-order chi connectivity index (χ1) is 15.4. The average Bonchev–Trinajstić information content (AvgIpc) is 3.33. The molecule has 4 rings (SSSR count). The van der Waals surface area contributed by atoms with E-state index in [-0.39, 0.29) is 17.0 Å². The summed E-state index contributed by atoms with van der Waals surface area (Å²) in [4.78, 5) is 12.6. The Morgan fingerprint density at radius 1 is 1.12 bits per heavy atom. The highest BCUT2D eigenvalue weighted by atomic mass is 32.2. The molecule has 1 saturated carbocycles. The van der Waals surface area contributed by atoms with Gasteiger partial charge in [0.2, 0.25) is 10.0 Å². The molecular weight excluding hydrogens is 441 g/mol. The topological polar surface area (TPSA) is 94.2 Å². The number of primary amides is 1. The molecular formula is C25H30FN3O3S. The number of amides is 1. The van der Waals surface area contributed by atoms with Crippen LogP contribution in [0.2, 0.25) is 0 Å². The second kappa shape index (κ2) is 8.17. The fourth-order valence-corrected chi connectivity index (χ4v) is 5.34. The summed E-state index contributed by atoms with van der Waals surface area (Å²) in [6.45, 7) is 6.70. The van der Waals surface area contributed by atoms with Gasteiger partial charge in [0.1, 0.15) is 5.82 Å². The number of benzene rings is 2. The van der Waals surface area contributed by atoms with Gasteiger partial charge in [0, 0.05) is 17.1 Å². The number of nitrogens with zero attached hydrogens (tertiary/aromatic N) is 1. The smallest absolute Gasteiger partial charge is 0.251 e. The van der Waals surface area contributed by atoms with E-state index in [1.165, 1.54) is 6.07 Å². The lowest BCUT2D eigenvalue weighted by Gasteiger charge is -2.21. The molecule has 2 aromatic carbocycles. The van der Waals surface area contributed by atoms with Crippen molar-refractivity contribution in [1.82, 2.24) is 4.57 Å². The van der Waals surface area contributed by atoms with Crippen molar-refractivity contribution in [2.75, 3.05) is 4.72 Å². The lowest BCUT2D eigenvalue weighted by molar-refractivity contribution is 0.100. The Labute approximate surface area is 194 Å². The number of anilines is 1. The van der Waals surface area contributed by atoms with Gasteiger partial charge in [0.05, 0.1) is 21.5 Å². The Morgan fingerprint density at radius 2 is 1.73 bits per heavy atom. The van der Waals surface area contributed by atoms with Gasteiger partial charge in [-0.2, -0.15) is 0 Å². The van der Waals surface area contributed by atoms with Gasteiger partial charge < -0.3 is 10.3 Å². The quantitative estimate of drug-likeness (QED) is 0.514. The van der Waals surface area contributed by atoms with Crippen molar-refractivity contribution in [2.45, 2.75) is 64.2 Å². The molecule has 0 spiro atoms. The van der Waals surface area contributed by atoms with Gasteiger partial charge in [-0.3, -0.25) is 9.52 Å². The maximum atomic E-state index is 15.1. The number of hydrogen-bond donors (Lipinski definition) is 2. The summed E-state index contributed by atoms with van der Waals surface area (Å²) in [5.74, 6) is -1.15. The van der Waals surface area contributed by atoms with Gasteiger partial charge in [-0.05, 0) is 75.9 Å². The third-order valence-electron chi connectivity index (χ3n) is 6.35. The molecule has 1 fully saturated rings. The van der Waals surface area contributed by atoms with Gasteiger partial charge in [0.15, 0.2) is 0 Å². The number of aromatic nitrogens is 1. The minimum Gasteiger partial charge on any atom is -0.366 e. The summed E-state index contributed by atoms with van der Waals surface area (Å²) in [6, 6.07) is 10.3. The van der Waals surface area contributed by atoms with Crippen molar-refractivity contribution >= 4 is 32.5 Å². The molecule has 0 bridgehead atoms. The molecule has 1 aliphatic rings. The fourth-order valence-electron chi connectivity index (χ4n) is 4.59. The van der Waals surface area contributed by atoms with E-state index in [0.29, 0.717) is 22.5 Å². The van der Waals surface area contributed by atoms with Gasteiger partial charge in [0.25, 0.3) is 5.91 Å². The number of aryl methyl sites for hydroxylation is 1. The SMILES string of the molecule is Cc1cc(F)c2c(C(N)=O)c(-c3ccc(NS(=O)(=O)C(C)(C)C)cc3)n(C3CCCC3)c2c1. The van der Waals surface area contributed by atoms with Crippen LogP contribution in [0.25, 0.3) is 22.2 Å². The predicted molar refractivity (Wildman–Crippen MR) is 130 cm³/mol. The highest BCUT2D eigenvalue weighted by molar-refractivity contribution is 7.94. The van der Waals surface area contributed by atoms with E-state index in [4.69, 9.17) is 5.73 Å². The average molecular weight is 472 g/mol. The number of carbonyl (C=O) groups is 1. The predicted octanol–water partition coefficient (Wildman–Crippen LogP) is 5.51. The van der Waals surface area contributed by atoms with E-state index in [1.807, 2.05) is 13.0 Å². The zero-order valence-corrected chi connectivity index (χ0v) is 20.2. The first kappa shape index (κ1) is 23.3. The summed E-state index contributed by atoms with van der Waals surface area (Å²) in [5.41, 5.74) is 9.07. The van der Waals surface area contributed by atoms with Crippen molar-refractivity contribution in [2.24, 2.45) is 5.73 Å². The second-order valence-corrected chi connectivity index (χ2v) is 12.3. The number of nitrogens with one attached hydrogen (secondary N) is 1. The minimum absolute atomic E-state index is 0.135. The molecule has 0 atom stereocenters. The number of fused-ring (bicyclic) bond motifs is 1. The van der Waals surface area contributed by atoms with E-state index < -0.39 is 26.5 Å². The van der Waals surface area contributed by atoms with Crippen LogP contribution in [-0.4, -0.2) is 23.6 Å². The van der Waals surface area contributed by atoms with Crippen LogP contribution in [0.4, 0.5) is 10.1 Å². The summed E-state index contributed by atoms with van der Waals surface area (Å²) in [5, 5.41) is 0.243. The molecule has 176 valence electrons. The van der Waals surface area contributed by atoms with Crippen LogP contribution in [-0.2, 0) is 10.0 Å². The van der Waals surface area contributed by atoms with Crippen molar-refractivity contribution in [3.8, 4) is 11.3 Å². The van der Waals surface area contributed by atoms with E-state index in [9.17, 15) is 13.2 Å². The molecule has 1 aromatic heterocycles. The van der Waals surface area contributed by atoms with Crippen LogP contribution in [0.3, 0.4) is 0 Å². The molecule has 0 aliphatic heterocycles. The van der Waals surface area contributed by atoms with Crippen molar-refractivity contribution in [1.29, 1.82) is 0 Å². The Kier molecular flexibility index (Phi) is 5.76. The van der Waals surface area contributed by atoms with Gasteiger partial charge in [-0.25, -0.2) is 12.8 Å². The highest BCUT2D eigenvalue weighted by Crippen LogP contribution is 2.42. The van der Waals surface area contributed by atoms with E-state index in [0.717, 1.165) is 31.2 Å². The molecule has 6 nitrogen and oxygen atoms in total. The van der Waals surface area contributed by atoms with Crippen LogP contribution in [0.5, 0.6) is 0 Å². The third kappa shape index (κ3) is 4.12. The first-order valence-electron chi connectivity index (χ1n) is 11.2. The summed E-state index contributed by atoms with van der Waals surface area (Å²) >= 11 is 0. The number of sulfonamides is 1. The Morgan fingerprint density at radius 3 is 2.27 bits per heavy atom. The molecule has 1 heterocycles. The number of halogens is 1. The Balaban J connectivity index is 1.92. The number of hydrogen-bond acceptors (Lipinski definition) is 3. The van der Waals surface area contributed by atoms with E-state index in [1.54, 1.807) is 45.0 Å². The van der Waals surface area contributed by atoms with Gasteiger partial charge in [-0.15, -0.1) is 0 Å². The largest absolute Gasteiger partial charge is 0.366 e. The normalized spacial score (nSPS) is 15.3. The molecule has 0 unspecified atom stereocenters. The molecule has 3 aromatic rings. The van der Waals surface area contributed by atoms with Crippen molar-refractivity contribution < 1.29 is 17.6 Å².